The topological polar surface area (TPSA) is 12.0 Å². The van der Waals surface area contributed by atoms with Crippen LogP contribution >= 0.6 is 0 Å². The highest BCUT2D eigenvalue weighted by molar-refractivity contribution is 5.04. The predicted molar refractivity (Wildman–Crippen MR) is 54.6 cm³/mol. The summed E-state index contributed by atoms with van der Waals surface area (Å²) in [4.78, 5) is 0. The molecule has 0 aromatic rings. The van der Waals surface area contributed by atoms with Gasteiger partial charge in [-0.05, 0) is 55.9 Å². The van der Waals surface area contributed by atoms with Gasteiger partial charge < -0.3 is 5.32 Å². The molecule has 1 nitrogen and oxygen atoms in total. The van der Waals surface area contributed by atoms with E-state index in [0.717, 1.165) is 17.3 Å². The SMILES string of the molecule is C(CC1CC1)NCC1(C2CC2)CC1. The van der Waals surface area contributed by atoms with E-state index >= 15 is 0 Å². The molecule has 0 heterocycles. The Labute approximate surface area is 81.3 Å². The van der Waals surface area contributed by atoms with Gasteiger partial charge in [0.15, 0.2) is 0 Å². The van der Waals surface area contributed by atoms with Crippen molar-refractivity contribution in [3.63, 3.8) is 0 Å². The number of nitrogens with one attached hydrogen (secondary N) is 1. The first-order valence-corrected chi connectivity index (χ1v) is 6.10. The van der Waals surface area contributed by atoms with Crippen LogP contribution in [0.5, 0.6) is 0 Å². The van der Waals surface area contributed by atoms with Crippen LogP contribution in [0.15, 0.2) is 0 Å². The van der Waals surface area contributed by atoms with Gasteiger partial charge in [-0.2, -0.15) is 0 Å². The summed E-state index contributed by atoms with van der Waals surface area (Å²) in [7, 11) is 0. The Kier molecular flexibility index (Phi) is 1.90. The van der Waals surface area contributed by atoms with Crippen molar-refractivity contribution in [1.29, 1.82) is 0 Å². The van der Waals surface area contributed by atoms with Gasteiger partial charge in [-0.15, -0.1) is 0 Å². The third-order valence-corrected chi connectivity index (χ3v) is 4.24. The Morgan fingerprint density at radius 3 is 2.38 bits per heavy atom. The summed E-state index contributed by atoms with van der Waals surface area (Å²) in [6.07, 6.45) is 10.6. The lowest BCUT2D eigenvalue weighted by Gasteiger charge is -2.14. The Balaban J connectivity index is 1.33. The minimum atomic E-state index is 0.809. The van der Waals surface area contributed by atoms with Gasteiger partial charge in [0.2, 0.25) is 0 Å². The van der Waals surface area contributed by atoms with E-state index in [-0.39, 0.29) is 0 Å². The molecule has 1 heteroatoms. The molecule has 3 rings (SSSR count). The Morgan fingerprint density at radius 2 is 1.85 bits per heavy atom. The highest BCUT2D eigenvalue weighted by Gasteiger charge is 2.53. The zero-order valence-corrected chi connectivity index (χ0v) is 8.52. The fourth-order valence-electron chi connectivity index (χ4n) is 2.64. The van der Waals surface area contributed by atoms with Crippen molar-refractivity contribution >= 4 is 0 Å². The quantitative estimate of drug-likeness (QED) is 0.618. The molecular weight excluding hydrogens is 158 g/mol. The summed E-state index contributed by atoms with van der Waals surface area (Å²) in [6.45, 7) is 2.63. The van der Waals surface area contributed by atoms with Gasteiger partial charge in [0.05, 0.1) is 0 Å². The second-order valence-electron chi connectivity index (χ2n) is 5.55. The molecule has 3 aliphatic carbocycles. The third-order valence-electron chi connectivity index (χ3n) is 4.24. The zero-order valence-electron chi connectivity index (χ0n) is 8.52. The summed E-state index contributed by atoms with van der Waals surface area (Å²) in [5, 5.41) is 3.68. The molecule has 3 fully saturated rings. The number of rotatable bonds is 6. The molecule has 74 valence electrons. The second-order valence-corrected chi connectivity index (χ2v) is 5.55. The van der Waals surface area contributed by atoms with Crippen LogP contribution in [0.25, 0.3) is 0 Å². The predicted octanol–water partition coefficient (Wildman–Crippen LogP) is 2.57. The molecule has 0 aromatic carbocycles. The smallest absolute Gasteiger partial charge is 0.00105 e. The highest BCUT2D eigenvalue weighted by Crippen LogP contribution is 2.60. The molecule has 0 atom stereocenters. The second kappa shape index (κ2) is 2.98. The average molecular weight is 179 g/mol. The first-order chi connectivity index (χ1) is 6.39. The minimum absolute atomic E-state index is 0.809. The van der Waals surface area contributed by atoms with Crippen LogP contribution in [0.2, 0.25) is 0 Å². The molecule has 3 saturated carbocycles. The van der Waals surface area contributed by atoms with Gasteiger partial charge >= 0.3 is 0 Å². The average Bonchev–Trinajstić information content (AvgIpc) is 3.01. The normalized spacial score (nSPS) is 30.5. The summed E-state index contributed by atoms with van der Waals surface area (Å²) < 4.78 is 0. The maximum absolute atomic E-state index is 3.68. The van der Waals surface area contributed by atoms with Gasteiger partial charge in [0.1, 0.15) is 0 Å². The summed E-state index contributed by atoms with van der Waals surface area (Å²) >= 11 is 0. The maximum Gasteiger partial charge on any atom is 0.00105 e. The lowest BCUT2D eigenvalue weighted by Crippen LogP contribution is -2.26. The maximum atomic E-state index is 3.68. The standard InChI is InChI=1S/C12H21N/c1-2-10(1)5-8-13-9-12(6-7-12)11-3-4-11/h10-11,13H,1-9H2. The first-order valence-electron chi connectivity index (χ1n) is 6.10. The minimum Gasteiger partial charge on any atom is -0.316 e. The van der Waals surface area contributed by atoms with E-state index in [2.05, 4.69) is 5.32 Å². The molecule has 0 aliphatic heterocycles. The Hall–Kier alpha value is -0.0400. The number of hydrogen-bond acceptors (Lipinski definition) is 1. The first kappa shape index (κ1) is 8.28. The molecule has 0 radical (unpaired) electrons. The van der Waals surface area contributed by atoms with Gasteiger partial charge in [0, 0.05) is 6.54 Å². The third kappa shape index (κ3) is 1.90. The molecule has 13 heavy (non-hydrogen) atoms. The number of hydrogen-bond donors (Lipinski definition) is 1. The molecule has 0 bridgehead atoms. The molecule has 0 unspecified atom stereocenters. The summed E-state index contributed by atoms with van der Waals surface area (Å²) in [5.74, 6) is 2.23. The lowest BCUT2D eigenvalue weighted by molar-refractivity contribution is 0.400. The molecule has 0 aromatic heterocycles. The van der Waals surface area contributed by atoms with E-state index in [1.807, 2.05) is 0 Å². The molecule has 3 aliphatic rings. The molecule has 0 amide bonds. The van der Waals surface area contributed by atoms with Crippen molar-refractivity contribution in [2.24, 2.45) is 17.3 Å². The van der Waals surface area contributed by atoms with E-state index in [1.54, 1.807) is 0 Å². The fraction of sp³-hybridized carbons (Fsp3) is 1.00. The zero-order chi connectivity index (χ0) is 8.73. The Bertz CT molecular complexity index is 187. The van der Waals surface area contributed by atoms with E-state index in [9.17, 15) is 0 Å². The largest absolute Gasteiger partial charge is 0.316 e. The van der Waals surface area contributed by atoms with Crippen LogP contribution in [0.4, 0.5) is 0 Å². The lowest BCUT2D eigenvalue weighted by atomic mass is 10.0. The van der Waals surface area contributed by atoms with Crippen molar-refractivity contribution in [3.8, 4) is 0 Å². The van der Waals surface area contributed by atoms with Crippen molar-refractivity contribution in [2.75, 3.05) is 13.1 Å². The van der Waals surface area contributed by atoms with Crippen molar-refractivity contribution in [1.82, 2.24) is 5.32 Å². The van der Waals surface area contributed by atoms with E-state index in [4.69, 9.17) is 0 Å². The molecule has 0 saturated heterocycles. The summed E-state index contributed by atoms with van der Waals surface area (Å²) in [5.41, 5.74) is 0.809. The fourth-order valence-corrected chi connectivity index (χ4v) is 2.64. The molecule has 0 spiro atoms. The van der Waals surface area contributed by atoms with Crippen molar-refractivity contribution in [2.45, 2.75) is 44.9 Å². The van der Waals surface area contributed by atoms with Gasteiger partial charge in [0.25, 0.3) is 0 Å². The van der Waals surface area contributed by atoms with E-state index < -0.39 is 0 Å². The summed E-state index contributed by atoms with van der Waals surface area (Å²) in [6, 6.07) is 0. The van der Waals surface area contributed by atoms with Crippen molar-refractivity contribution < 1.29 is 0 Å². The van der Waals surface area contributed by atoms with Crippen LogP contribution in [-0.4, -0.2) is 13.1 Å². The monoisotopic (exact) mass is 179 g/mol. The van der Waals surface area contributed by atoms with Gasteiger partial charge in [-0.25, -0.2) is 0 Å². The Morgan fingerprint density at radius 1 is 1.08 bits per heavy atom. The molecular formula is C12H21N. The van der Waals surface area contributed by atoms with E-state index in [1.165, 1.54) is 58.0 Å². The van der Waals surface area contributed by atoms with Gasteiger partial charge in [-0.1, -0.05) is 12.8 Å². The van der Waals surface area contributed by atoms with Crippen LogP contribution in [-0.2, 0) is 0 Å². The van der Waals surface area contributed by atoms with Crippen LogP contribution in [0, 0.1) is 17.3 Å². The highest BCUT2D eigenvalue weighted by atomic mass is 14.9. The van der Waals surface area contributed by atoms with E-state index in [0.29, 0.717) is 0 Å². The van der Waals surface area contributed by atoms with Crippen LogP contribution in [0.3, 0.4) is 0 Å². The molecule has 1 N–H and O–H groups in total. The van der Waals surface area contributed by atoms with Crippen molar-refractivity contribution in [3.05, 3.63) is 0 Å². The van der Waals surface area contributed by atoms with Crippen LogP contribution < -0.4 is 5.32 Å². The van der Waals surface area contributed by atoms with Crippen LogP contribution in [0.1, 0.15) is 44.9 Å². The van der Waals surface area contributed by atoms with Gasteiger partial charge in [-0.3, -0.25) is 0 Å².